The number of hydrogen-bond acceptors (Lipinski definition) is 5. The molecule has 2 aromatic rings. The van der Waals surface area contributed by atoms with Crippen molar-refractivity contribution < 1.29 is 27.3 Å². The van der Waals surface area contributed by atoms with Crippen molar-refractivity contribution in [2.45, 2.75) is 89.8 Å². The fourth-order valence-corrected chi connectivity index (χ4v) is 7.37. The molecule has 0 spiro atoms. The maximum atomic E-state index is 14.6. The standard InChI is InChI=1S/C34H44F3N6O2/c1-7-20(2)40-28-15-29(31(43-19-41(5)18-39-43)30(21(28)3)23-13-24(14-23)45-6)42-17-26-25(32(42)44)11-22(12-27(26)34(35,36)37)16-38-33(4)9-8-10-33/h7,11-12,15,18-21,23-24,30,38,40H,1,8-10,13-14,16-17H2,2-6H3/q+1/t20-,21?,23?,24?,30?/m1/s1. The van der Waals surface area contributed by atoms with E-state index in [2.05, 4.69) is 36.2 Å². The van der Waals surface area contributed by atoms with E-state index < -0.39 is 17.6 Å². The summed E-state index contributed by atoms with van der Waals surface area (Å²) in [6, 6.07) is 2.82. The largest absolute Gasteiger partial charge is 0.416 e. The molecule has 1 amide bonds. The molecule has 1 aromatic carbocycles. The van der Waals surface area contributed by atoms with Crippen LogP contribution in [-0.2, 0) is 31.1 Å². The van der Waals surface area contributed by atoms with Crippen LogP contribution in [0.15, 0.2) is 54.9 Å². The number of nitrogens with zero attached hydrogens (tertiary/aromatic N) is 4. The van der Waals surface area contributed by atoms with Crippen LogP contribution in [0.5, 0.6) is 0 Å². The van der Waals surface area contributed by atoms with Gasteiger partial charge in [0.2, 0.25) is 6.33 Å². The number of fused-ring (bicyclic) bond motifs is 1. The number of halogens is 3. The molecule has 1 aliphatic heterocycles. The van der Waals surface area contributed by atoms with Crippen LogP contribution in [0.2, 0.25) is 0 Å². The number of rotatable bonds is 10. The van der Waals surface area contributed by atoms with E-state index in [1.54, 1.807) is 24.2 Å². The Morgan fingerprint density at radius 3 is 2.60 bits per heavy atom. The van der Waals surface area contributed by atoms with Gasteiger partial charge in [0.25, 0.3) is 12.2 Å². The maximum absolute atomic E-state index is 14.6. The van der Waals surface area contributed by atoms with Crippen LogP contribution in [0.1, 0.15) is 79.9 Å². The van der Waals surface area contributed by atoms with Crippen LogP contribution in [0, 0.1) is 17.8 Å². The highest BCUT2D eigenvalue weighted by Crippen LogP contribution is 2.50. The summed E-state index contributed by atoms with van der Waals surface area (Å²) < 4.78 is 53.0. The number of carbonyl (C=O) groups excluding carboxylic acids is 1. The SMILES string of the molecule is C=C[C@@H](C)NC1=CC(N2Cc3c(cc(CNC4(C)CCC4)cc3C(F)(F)F)C2=O)=C(n2c[n+](C)cn2)C(C2CC(OC)C2)C1C. The van der Waals surface area contributed by atoms with Crippen LogP contribution in [0.4, 0.5) is 13.2 Å². The third kappa shape index (κ3) is 5.85. The van der Waals surface area contributed by atoms with Crippen LogP contribution in [-0.4, -0.2) is 45.4 Å². The first-order valence-electron chi connectivity index (χ1n) is 15.9. The number of amides is 1. The Bertz CT molecular complexity index is 1550. The average molecular weight is 626 g/mol. The summed E-state index contributed by atoms with van der Waals surface area (Å²) in [6.45, 7) is 10.3. The first-order chi connectivity index (χ1) is 21.3. The lowest BCUT2D eigenvalue weighted by Crippen LogP contribution is -2.47. The van der Waals surface area contributed by atoms with Crippen LogP contribution < -0.4 is 15.2 Å². The topological polar surface area (TPSA) is 75.3 Å². The second-order valence-electron chi connectivity index (χ2n) is 13.6. The molecule has 11 heteroatoms. The molecule has 0 bridgehead atoms. The molecule has 2 unspecified atom stereocenters. The molecular formula is C34H44F3N6O2+. The summed E-state index contributed by atoms with van der Waals surface area (Å²) in [5, 5.41) is 11.6. The van der Waals surface area contributed by atoms with Crippen molar-refractivity contribution in [3.8, 4) is 0 Å². The first-order valence-corrected chi connectivity index (χ1v) is 15.9. The highest BCUT2D eigenvalue weighted by atomic mass is 19.4. The van der Waals surface area contributed by atoms with Gasteiger partial charge < -0.3 is 20.3 Å². The lowest BCUT2D eigenvalue weighted by atomic mass is 9.65. The molecule has 6 rings (SSSR count). The number of methoxy groups -OCH3 is 1. The van der Waals surface area contributed by atoms with Crippen molar-refractivity contribution in [3.63, 3.8) is 0 Å². The zero-order valence-corrected chi connectivity index (χ0v) is 26.7. The Kier molecular flexibility index (Phi) is 8.22. The van der Waals surface area contributed by atoms with Crippen LogP contribution in [0.3, 0.4) is 0 Å². The number of hydrogen-bond donors (Lipinski definition) is 2. The number of aryl methyl sites for hydroxylation is 1. The Morgan fingerprint density at radius 2 is 2.02 bits per heavy atom. The predicted octanol–water partition coefficient (Wildman–Crippen LogP) is 5.32. The molecule has 2 fully saturated rings. The number of ether oxygens (including phenoxy) is 1. The normalized spacial score (nSPS) is 26.6. The third-order valence-corrected chi connectivity index (χ3v) is 10.4. The van der Waals surface area contributed by atoms with Crippen LogP contribution >= 0.6 is 0 Å². The van der Waals surface area contributed by atoms with E-state index in [4.69, 9.17) is 4.74 Å². The van der Waals surface area contributed by atoms with E-state index in [0.29, 0.717) is 11.3 Å². The molecule has 1 aromatic heterocycles. The van der Waals surface area contributed by atoms with Gasteiger partial charge in [0.1, 0.15) is 5.70 Å². The minimum atomic E-state index is -4.60. The summed E-state index contributed by atoms with van der Waals surface area (Å²) in [7, 11) is 3.59. The zero-order valence-electron chi connectivity index (χ0n) is 26.7. The summed E-state index contributed by atoms with van der Waals surface area (Å²) >= 11 is 0. The molecule has 242 valence electrons. The smallest absolute Gasteiger partial charge is 0.382 e. The minimum Gasteiger partial charge on any atom is -0.382 e. The average Bonchev–Trinajstić information content (AvgIpc) is 3.53. The van der Waals surface area contributed by atoms with E-state index in [1.807, 2.05) is 37.0 Å². The van der Waals surface area contributed by atoms with E-state index >= 15 is 0 Å². The highest BCUT2D eigenvalue weighted by Gasteiger charge is 2.49. The number of alkyl halides is 3. The molecule has 2 N–H and O–H groups in total. The second kappa shape index (κ2) is 11.7. The summed E-state index contributed by atoms with van der Waals surface area (Å²) in [5.41, 5.74) is 2.06. The van der Waals surface area contributed by atoms with Crippen molar-refractivity contribution in [3.05, 3.63) is 77.2 Å². The monoisotopic (exact) mass is 625 g/mol. The van der Waals surface area contributed by atoms with Gasteiger partial charge in [-0.2, -0.15) is 13.2 Å². The molecular weight excluding hydrogens is 581 g/mol. The first kappa shape index (κ1) is 31.5. The van der Waals surface area contributed by atoms with Gasteiger partial charge in [0.05, 0.1) is 31.0 Å². The van der Waals surface area contributed by atoms with Crippen molar-refractivity contribution in [1.82, 2.24) is 25.3 Å². The molecule has 2 saturated carbocycles. The second-order valence-corrected chi connectivity index (χ2v) is 13.6. The van der Waals surface area contributed by atoms with Gasteiger partial charge in [-0.05, 0) is 81.2 Å². The Morgan fingerprint density at radius 1 is 1.29 bits per heavy atom. The molecule has 4 aliphatic rings. The van der Waals surface area contributed by atoms with E-state index in [1.165, 1.54) is 11.0 Å². The molecule has 45 heavy (non-hydrogen) atoms. The number of allylic oxidation sites excluding steroid dienone is 3. The van der Waals surface area contributed by atoms with Crippen molar-refractivity contribution in [1.29, 1.82) is 0 Å². The Balaban J connectivity index is 1.46. The summed E-state index contributed by atoms with van der Waals surface area (Å²) in [4.78, 5) is 15.8. The van der Waals surface area contributed by atoms with Crippen LogP contribution in [0.25, 0.3) is 5.70 Å². The highest BCUT2D eigenvalue weighted by molar-refractivity contribution is 6.01. The molecule has 0 radical (unpaired) electrons. The lowest BCUT2D eigenvalue weighted by Gasteiger charge is -2.45. The van der Waals surface area contributed by atoms with Gasteiger partial charge in [-0.25, -0.2) is 4.57 Å². The Hall–Kier alpha value is -3.44. The quantitative estimate of drug-likeness (QED) is 0.276. The van der Waals surface area contributed by atoms with Gasteiger partial charge in [-0.3, -0.25) is 4.79 Å². The molecule has 3 aliphatic carbocycles. The van der Waals surface area contributed by atoms with Gasteiger partial charge >= 0.3 is 6.18 Å². The maximum Gasteiger partial charge on any atom is 0.416 e. The predicted molar refractivity (Wildman–Crippen MR) is 164 cm³/mol. The number of aromatic nitrogens is 3. The number of nitrogens with one attached hydrogen (secondary N) is 2. The van der Waals surface area contributed by atoms with E-state index in [-0.39, 0.29) is 59.7 Å². The van der Waals surface area contributed by atoms with Gasteiger partial charge in [0.15, 0.2) is 0 Å². The minimum absolute atomic E-state index is 0.0182. The molecule has 3 atom stereocenters. The lowest BCUT2D eigenvalue weighted by molar-refractivity contribution is -0.672. The zero-order chi connectivity index (χ0) is 32.3. The number of benzene rings is 1. The van der Waals surface area contributed by atoms with Gasteiger partial charge in [0, 0.05) is 53.4 Å². The Labute approximate surface area is 263 Å². The summed E-state index contributed by atoms with van der Waals surface area (Å²) in [6.07, 6.45) is 7.59. The number of carbonyl (C=O) groups is 1. The van der Waals surface area contributed by atoms with Crippen molar-refractivity contribution in [2.75, 3.05) is 7.11 Å². The third-order valence-electron chi connectivity index (χ3n) is 10.4. The van der Waals surface area contributed by atoms with E-state index in [9.17, 15) is 18.0 Å². The van der Waals surface area contributed by atoms with Crippen molar-refractivity contribution in [2.24, 2.45) is 24.8 Å². The van der Waals surface area contributed by atoms with Crippen molar-refractivity contribution >= 4 is 11.6 Å². The molecule has 0 saturated heterocycles. The molecule has 8 nitrogen and oxygen atoms in total. The van der Waals surface area contributed by atoms with Gasteiger partial charge in [-0.1, -0.05) is 17.7 Å². The molecule has 2 heterocycles. The summed E-state index contributed by atoms with van der Waals surface area (Å²) in [5.74, 6) is -0.220. The fourth-order valence-electron chi connectivity index (χ4n) is 7.37. The van der Waals surface area contributed by atoms with Gasteiger partial charge in [-0.15, -0.1) is 6.58 Å². The fraction of sp³-hybridized carbons (Fsp3) is 0.559. The van der Waals surface area contributed by atoms with E-state index in [0.717, 1.165) is 43.5 Å².